The van der Waals surface area contributed by atoms with Gasteiger partial charge in [-0.2, -0.15) is 0 Å². The standard InChI is InChI=1S/C23H29N3O3/c1-23(2,3)29-22(28)26-15-13-18(14-16-26)25-21(27)19-11-7-8-12-20(19)24-17-9-5-4-6-10-17/h4-12,18,24H,13-16H2,1-3H3,(H,25,27). The van der Waals surface area contributed by atoms with Gasteiger partial charge in [0, 0.05) is 24.8 Å². The predicted molar refractivity (Wildman–Crippen MR) is 114 cm³/mol. The van der Waals surface area contributed by atoms with E-state index in [2.05, 4.69) is 10.6 Å². The highest BCUT2D eigenvalue weighted by Gasteiger charge is 2.27. The molecule has 1 fully saturated rings. The highest BCUT2D eigenvalue weighted by molar-refractivity contribution is 6.00. The van der Waals surface area contributed by atoms with E-state index in [1.54, 1.807) is 4.90 Å². The molecule has 2 aromatic carbocycles. The molecule has 1 aliphatic heterocycles. The van der Waals surface area contributed by atoms with Crippen molar-refractivity contribution < 1.29 is 14.3 Å². The summed E-state index contributed by atoms with van der Waals surface area (Å²) in [7, 11) is 0. The van der Waals surface area contributed by atoms with E-state index in [0.717, 1.165) is 11.4 Å². The lowest BCUT2D eigenvalue weighted by molar-refractivity contribution is 0.0199. The van der Waals surface area contributed by atoms with Crippen molar-refractivity contribution in [1.29, 1.82) is 0 Å². The molecular weight excluding hydrogens is 366 g/mol. The fraction of sp³-hybridized carbons (Fsp3) is 0.391. The zero-order chi connectivity index (χ0) is 20.9. The summed E-state index contributed by atoms with van der Waals surface area (Å²) in [5.41, 5.74) is 1.80. The van der Waals surface area contributed by atoms with Crippen molar-refractivity contribution in [2.24, 2.45) is 0 Å². The number of rotatable bonds is 4. The minimum absolute atomic E-state index is 0.0333. The third kappa shape index (κ3) is 5.98. The first-order chi connectivity index (χ1) is 13.8. The number of likely N-dealkylation sites (tertiary alicyclic amines) is 1. The van der Waals surface area contributed by atoms with Gasteiger partial charge in [-0.1, -0.05) is 30.3 Å². The van der Waals surface area contributed by atoms with Crippen LogP contribution >= 0.6 is 0 Å². The molecule has 6 heteroatoms. The van der Waals surface area contributed by atoms with E-state index in [1.165, 1.54) is 0 Å². The second-order valence-corrected chi connectivity index (χ2v) is 8.25. The molecule has 0 atom stereocenters. The molecule has 29 heavy (non-hydrogen) atoms. The first-order valence-corrected chi connectivity index (χ1v) is 10.0. The number of para-hydroxylation sites is 2. The van der Waals surface area contributed by atoms with Crippen molar-refractivity contribution in [3.63, 3.8) is 0 Å². The molecule has 1 heterocycles. The summed E-state index contributed by atoms with van der Waals surface area (Å²) >= 11 is 0. The van der Waals surface area contributed by atoms with Crippen LogP contribution in [-0.4, -0.2) is 41.6 Å². The molecule has 2 N–H and O–H groups in total. The van der Waals surface area contributed by atoms with Gasteiger partial charge in [0.05, 0.1) is 11.3 Å². The van der Waals surface area contributed by atoms with Gasteiger partial charge in [-0.15, -0.1) is 0 Å². The number of carbonyl (C=O) groups is 2. The smallest absolute Gasteiger partial charge is 0.410 e. The third-order valence-corrected chi connectivity index (χ3v) is 4.71. The zero-order valence-electron chi connectivity index (χ0n) is 17.3. The lowest BCUT2D eigenvalue weighted by atomic mass is 10.0. The molecule has 0 aliphatic carbocycles. The fourth-order valence-electron chi connectivity index (χ4n) is 3.26. The van der Waals surface area contributed by atoms with E-state index in [9.17, 15) is 9.59 Å². The quantitative estimate of drug-likeness (QED) is 0.796. The van der Waals surface area contributed by atoms with Crippen molar-refractivity contribution in [3.8, 4) is 0 Å². The van der Waals surface area contributed by atoms with Gasteiger partial charge in [-0.05, 0) is 57.9 Å². The molecule has 3 rings (SSSR count). The summed E-state index contributed by atoms with van der Waals surface area (Å²) in [6.07, 6.45) is 1.12. The maximum Gasteiger partial charge on any atom is 0.410 e. The van der Waals surface area contributed by atoms with Crippen molar-refractivity contribution in [2.75, 3.05) is 18.4 Å². The van der Waals surface area contributed by atoms with Crippen LogP contribution in [0.3, 0.4) is 0 Å². The number of hydrogen-bond donors (Lipinski definition) is 2. The van der Waals surface area contributed by atoms with Crippen LogP contribution in [-0.2, 0) is 4.74 Å². The van der Waals surface area contributed by atoms with Gasteiger partial charge in [0.15, 0.2) is 0 Å². The second kappa shape index (κ2) is 8.99. The number of anilines is 2. The molecule has 0 aromatic heterocycles. The molecule has 1 aliphatic rings. The van der Waals surface area contributed by atoms with Crippen molar-refractivity contribution in [2.45, 2.75) is 45.3 Å². The maximum atomic E-state index is 12.9. The summed E-state index contributed by atoms with van der Waals surface area (Å²) < 4.78 is 5.43. The molecule has 0 spiro atoms. The van der Waals surface area contributed by atoms with Gasteiger partial charge in [0.2, 0.25) is 0 Å². The van der Waals surface area contributed by atoms with E-state index in [-0.39, 0.29) is 18.0 Å². The number of ether oxygens (including phenoxy) is 1. The highest BCUT2D eigenvalue weighted by Crippen LogP contribution is 2.22. The summed E-state index contributed by atoms with van der Waals surface area (Å²) in [4.78, 5) is 26.8. The summed E-state index contributed by atoms with van der Waals surface area (Å²) in [5, 5.41) is 6.42. The summed E-state index contributed by atoms with van der Waals surface area (Å²) in [6, 6.07) is 17.3. The van der Waals surface area contributed by atoms with Gasteiger partial charge in [0.25, 0.3) is 5.91 Å². The van der Waals surface area contributed by atoms with Crippen LogP contribution in [0.5, 0.6) is 0 Å². The lowest BCUT2D eigenvalue weighted by Crippen LogP contribution is -2.47. The Morgan fingerprint density at radius 2 is 1.59 bits per heavy atom. The van der Waals surface area contributed by atoms with Crippen LogP contribution in [0.15, 0.2) is 54.6 Å². The number of benzene rings is 2. The summed E-state index contributed by atoms with van der Waals surface area (Å²) in [6.45, 7) is 6.73. The average Bonchev–Trinajstić information content (AvgIpc) is 2.68. The lowest BCUT2D eigenvalue weighted by Gasteiger charge is -2.33. The van der Waals surface area contributed by atoms with Crippen LogP contribution in [0.4, 0.5) is 16.2 Å². The Balaban J connectivity index is 1.57. The van der Waals surface area contributed by atoms with Crippen LogP contribution in [0, 0.1) is 0 Å². The molecule has 154 valence electrons. The number of amides is 2. The Morgan fingerprint density at radius 1 is 0.966 bits per heavy atom. The topological polar surface area (TPSA) is 70.7 Å². The SMILES string of the molecule is CC(C)(C)OC(=O)N1CCC(NC(=O)c2ccccc2Nc2ccccc2)CC1. The monoisotopic (exact) mass is 395 g/mol. The highest BCUT2D eigenvalue weighted by atomic mass is 16.6. The molecule has 0 radical (unpaired) electrons. The molecule has 0 saturated carbocycles. The van der Waals surface area contributed by atoms with Crippen molar-refractivity contribution in [3.05, 3.63) is 60.2 Å². The Labute approximate surface area is 172 Å². The van der Waals surface area contributed by atoms with Crippen LogP contribution in [0.1, 0.15) is 44.0 Å². The molecular formula is C23H29N3O3. The van der Waals surface area contributed by atoms with Gasteiger partial charge in [0.1, 0.15) is 5.60 Å². The normalized spacial score (nSPS) is 14.9. The predicted octanol–water partition coefficient (Wildman–Crippen LogP) is 4.56. The molecule has 1 saturated heterocycles. The number of carbonyl (C=O) groups excluding carboxylic acids is 2. The third-order valence-electron chi connectivity index (χ3n) is 4.71. The van der Waals surface area contributed by atoms with Crippen LogP contribution in [0.2, 0.25) is 0 Å². The molecule has 2 amide bonds. The Hall–Kier alpha value is -3.02. The largest absolute Gasteiger partial charge is 0.444 e. The fourth-order valence-corrected chi connectivity index (χ4v) is 3.26. The zero-order valence-corrected chi connectivity index (χ0v) is 17.3. The molecule has 0 bridgehead atoms. The molecule has 0 unspecified atom stereocenters. The van der Waals surface area contributed by atoms with Gasteiger partial charge < -0.3 is 20.3 Å². The van der Waals surface area contributed by atoms with Gasteiger partial charge in [-0.3, -0.25) is 4.79 Å². The minimum Gasteiger partial charge on any atom is -0.444 e. The maximum absolute atomic E-state index is 12.9. The van der Waals surface area contributed by atoms with Crippen LogP contribution < -0.4 is 10.6 Å². The number of hydrogen-bond acceptors (Lipinski definition) is 4. The Morgan fingerprint density at radius 3 is 2.24 bits per heavy atom. The number of nitrogens with zero attached hydrogens (tertiary/aromatic N) is 1. The first kappa shape index (κ1) is 20.7. The number of piperidine rings is 1. The average molecular weight is 396 g/mol. The van der Waals surface area contributed by atoms with E-state index in [4.69, 9.17) is 4.74 Å². The van der Waals surface area contributed by atoms with E-state index < -0.39 is 5.60 Å². The van der Waals surface area contributed by atoms with E-state index >= 15 is 0 Å². The molecule has 2 aromatic rings. The Kier molecular flexibility index (Phi) is 6.42. The van der Waals surface area contributed by atoms with Crippen molar-refractivity contribution in [1.82, 2.24) is 10.2 Å². The van der Waals surface area contributed by atoms with Crippen LogP contribution in [0.25, 0.3) is 0 Å². The van der Waals surface area contributed by atoms with Gasteiger partial charge >= 0.3 is 6.09 Å². The minimum atomic E-state index is -0.502. The van der Waals surface area contributed by atoms with E-state index in [0.29, 0.717) is 31.5 Å². The summed E-state index contributed by atoms with van der Waals surface area (Å²) in [5.74, 6) is -0.111. The van der Waals surface area contributed by atoms with Gasteiger partial charge in [-0.25, -0.2) is 4.79 Å². The number of nitrogens with one attached hydrogen (secondary N) is 2. The first-order valence-electron chi connectivity index (χ1n) is 10.0. The Bertz CT molecular complexity index is 838. The second-order valence-electron chi connectivity index (χ2n) is 8.25. The van der Waals surface area contributed by atoms with Crippen molar-refractivity contribution >= 4 is 23.4 Å². The molecule has 6 nitrogen and oxygen atoms in total. The van der Waals surface area contributed by atoms with E-state index in [1.807, 2.05) is 75.4 Å².